The van der Waals surface area contributed by atoms with Gasteiger partial charge in [0.05, 0.1) is 6.20 Å². The minimum atomic E-state index is -1.14. The first-order chi connectivity index (χ1) is 11.6. The first-order valence-electron chi connectivity index (χ1n) is 7.31. The zero-order chi connectivity index (χ0) is 16.9. The van der Waals surface area contributed by atoms with Crippen LogP contribution in [0.3, 0.4) is 0 Å². The zero-order valence-electron chi connectivity index (χ0n) is 12.6. The van der Waals surface area contributed by atoms with Crippen LogP contribution in [-0.2, 0) is 11.2 Å². The van der Waals surface area contributed by atoms with Gasteiger partial charge >= 0.3 is 5.97 Å². The molecule has 1 aromatic carbocycles. The summed E-state index contributed by atoms with van der Waals surface area (Å²) in [5, 5.41) is 11.8. The molecule has 124 valence electrons. The number of carboxylic acid groups (broad SMARTS) is 1. The highest BCUT2D eigenvalue weighted by Gasteiger charge is 2.23. The van der Waals surface area contributed by atoms with Crippen molar-refractivity contribution in [2.24, 2.45) is 0 Å². The maximum atomic E-state index is 12.1. The van der Waals surface area contributed by atoms with E-state index in [1.165, 1.54) is 18.6 Å². The summed E-state index contributed by atoms with van der Waals surface area (Å²) in [4.78, 5) is 31.2. The fourth-order valence-corrected chi connectivity index (χ4v) is 2.30. The highest BCUT2D eigenvalue weighted by atomic mass is 16.6. The van der Waals surface area contributed by atoms with Crippen LogP contribution in [0.1, 0.15) is 16.1 Å². The number of fused-ring (bicyclic) bond motifs is 1. The number of ether oxygens (including phenoxy) is 2. The third-order valence-corrected chi connectivity index (χ3v) is 3.45. The number of benzene rings is 1. The van der Waals surface area contributed by atoms with Crippen molar-refractivity contribution in [1.29, 1.82) is 0 Å². The van der Waals surface area contributed by atoms with Crippen LogP contribution in [0.4, 0.5) is 0 Å². The maximum Gasteiger partial charge on any atom is 0.326 e. The molecule has 2 aromatic rings. The van der Waals surface area contributed by atoms with E-state index < -0.39 is 17.9 Å². The second-order valence-electron chi connectivity index (χ2n) is 5.14. The summed E-state index contributed by atoms with van der Waals surface area (Å²) in [5.74, 6) is -0.529. The summed E-state index contributed by atoms with van der Waals surface area (Å²) in [7, 11) is 0. The Morgan fingerprint density at radius 1 is 1.21 bits per heavy atom. The molecule has 0 radical (unpaired) electrons. The molecule has 0 fully saturated rings. The number of aliphatic carboxylic acids is 1. The molecule has 0 unspecified atom stereocenters. The normalized spacial score (nSPS) is 13.8. The quantitative estimate of drug-likeness (QED) is 0.829. The fourth-order valence-electron chi connectivity index (χ4n) is 2.30. The van der Waals surface area contributed by atoms with Crippen LogP contribution in [0, 0.1) is 0 Å². The van der Waals surface area contributed by atoms with E-state index in [0.717, 1.165) is 0 Å². The molecule has 0 spiro atoms. The molecule has 0 saturated heterocycles. The lowest BCUT2D eigenvalue weighted by Crippen LogP contribution is -2.42. The van der Waals surface area contributed by atoms with Crippen LogP contribution in [0.5, 0.6) is 11.5 Å². The number of nitrogens with zero attached hydrogens (tertiary/aromatic N) is 2. The average molecular weight is 329 g/mol. The van der Waals surface area contributed by atoms with Gasteiger partial charge in [-0.1, -0.05) is 6.07 Å². The summed E-state index contributed by atoms with van der Waals surface area (Å²) in [6, 6.07) is 4.10. The Bertz CT molecular complexity index is 751. The average Bonchev–Trinajstić information content (AvgIpc) is 2.61. The summed E-state index contributed by atoms with van der Waals surface area (Å²) < 4.78 is 10.9. The molecular formula is C16H15N3O5. The van der Waals surface area contributed by atoms with Gasteiger partial charge in [-0.3, -0.25) is 9.78 Å². The molecular weight excluding hydrogens is 314 g/mol. The first kappa shape index (κ1) is 15.7. The first-order valence-corrected chi connectivity index (χ1v) is 7.31. The van der Waals surface area contributed by atoms with Crippen LogP contribution in [0.25, 0.3) is 0 Å². The van der Waals surface area contributed by atoms with Crippen LogP contribution < -0.4 is 14.8 Å². The lowest BCUT2D eigenvalue weighted by Gasteiger charge is -2.20. The van der Waals surface area contributed by atoms with Crippen molar-refractivity contribution >= 4 is 11.9 Å². The second-order valence-corrected chi connectivity index (χ2v) is 5.14. The number of hydrogen-bond acceptors (Lipinski definition) is 6. The highest BCUT2D eigenvalue weighted by Crippen LogP contribution is 2.31. The molecule has 24 heavy (non-hydrogen) atoms. The minimum Gasteiger partial charge on any atom is -0.486 e. The van der Waals surface area contributed by atoms with Gasteiger partial charge in [0, 0.05) is 18.8 Å². The van der Waals surface area contributed by atoms with Gasteiger partial charge in [-0.15, -0.1) is 0 Å². The molecule has 8 nitrogen and oxygen atoms in total. The third-order valence-electron chi connectivity index (χ3n) is 3.45. The van der Waals surface area contributed by atoms with Crippen molar-refractivity contribution in [3.05, 3.63) is 48.0 Å². The van der Waals surface area contributed by atoms with Crippen molar-refractivity contribution in [3.8, 4) is 11.5 Å². The number of aromatic nitrogens is 2. The number of nitrogens with one attached hydrogen (secondary N) is 1. The van der Waals surface area contributed by atoms with Gasteiger partial charge in [0.15, 0.2) is 11.5 Å². The zero-order valence-corrected chi connectivity index (χ0v) is 12.6. The Kier molecular flexibility index (Phi) is 4.55. The van der Waals surface area contributed by atoms with Gasteiger partial charge in [-0.25, -0.2) is 9.78 Å². The van der Waals surface area contributed by atoms with E-state index in [0.29, 0.717) is 30.3 Å². The summed E-state index contributed by atoms with van der Waals surface area (Å²) in [6.45, 7) is 0.931. The summed E-state index contributed by atoms with van der Waals surface area (Å²) in [6.07, 6.45) is 4.18. The number of carbonyl (C=O) groups excluding carboxylic acids is 1. The van der Waals surface area contributed by atoms with E-state index in [-0.39, 0.29) is 12.1 Å². The Morgan fingerprint density at radius 3 is 2.71 bits per heavy atom. The lowest BCUT2D eigenvalue weighted by atomic mass is 10.0. The number of rotatable bonds is 5. The van der Waals surface area contributed by atoms with E-state index in [9.17, 15) is 14.7 Å². The van der Waals surface area contributed by atoms with Crippen molar-refractivity contribution in [1.82, 2.24) is 15.3 Å². The van der Waals surface area contributed by atoms with Gasteiger partial charge in [-0.2, -0.15) is 0 Å². The molecule has 2 N–H and O–H groups in total. The Morgan fingerprint density at radius 2 is 2.00 bits per heavy atom. The van der Waals surface area contributed by atoms with Crippen molar-refractivity contribution in [3.63, 3.8) is 0 Å². The topological polar surface area (TPSA) is 111 Å². The van der Waals surface area contributed by atoms with Crippen molar-refractivity contribution in [2.75, 3.05) is 13.2 Å². The monoisotopic (exact) mass is 329 g/mol. The van der Waals surface area contributed by atoms with E-state index >= 15 is 0 Å². The van der Waals surface area contributed by atoms with E-state index in [4.69, 9.17) is 9.47 Å². The number of amides is 1. The van der Waals surface area contributed by atoms with Gasteiger partial charge < -0.3 is 19.9 Å². The maximum absolute atomic E-state index is 12.1. The number of carbonyl (C=O) groups is 2. The smallest absolute Gasteiger partial charge is 0.326 e. The molecule has 0 bridgehead atoms. The van der Waals surface area contributed by atoms with Crippen LogP contribution in [-0.4, -0.2) is 46.2 Å². The van der Waals surface area contributed by atoms with Gasteiger partial charge in [-0.05, 0) is 17.7 Å². The molecule has 1 aliphatic rings. The predicted molar refractivity (Wildman–Crippen MR) is 82.1 cm³/mol. The number of carboxylic acids is 1. The molecule has 2 heterocycles. The second kappa shape index (κ2) is 6.95. The summed E-state index contributed by atoms with van der Waals surface area (Å²) in [5.41, 5.74) is 0.775. The van der Waals surface area contributed by atoms with E-state index in [1.54, 1.807) is 18.2 Å². The van der Waals surface area contributed by atoms with Crippen LogP contribution >= 0.6 is 0 Å². The van der Waals surface area contributed by atoms with Crippen LogP contribution in [0.2, 0.25) is 0 Å². The van der Waals surface area contributed by atoms with Gasteiger partial charge in [0.1, 0.15) is 24.9 Å². The lowest BCUT2D eigenvalue weighted by molar-refractivity contribution is -0.139. The van der Waals surface area contributed by atoms with Crippen LogP contribution in [0.15, 0.2) is 36.8 Å². The van der Waals surface area contributed by atoms with E-state index in [1.807, 2.05) is 0 Å². The fraction of sp³-hybridized carbons (Fsp3) is 0.250. The highest BCUT2D eigenvalue weighted by molar-refractivity contribution is 5.94. The molecule has 1 atom stereocenters. The number of hydrogen-bond donors (Lipinski definition) is 2. The summed E-state index contributed by atoms with van der Waals surface area (Å²) >= 11 is 0. The molecule has 3 rings (SSSR count). The molecule has 8 heteroatoms. The Hall–Kier alpha value is -3.16. The molecule has 1 aromatic heterocycles. The third kappa shape index (κ3) is 3.60. The van der Waals surface area contributed by atoms with Gasteiger partial charge in [0.2, 0.25) is 0 Å². The molecule has 1 aliphatic heterocycles. The van der Waals surface area contributed by atoms with E-state index in [2.05, 4.69) is 15.3 Å². The minimum absolute atomic E-state index is 0.0610. The standard InChI is InChI=1S/C16H15N3O5/c20-15(12-9-17-3-4-18-12)19-11(16(21)22)7-10-1-2-13-14(8-10)24-6-5-23-13/h1-4,8-9,11H,5-7H2,(H,19,20)(H,21,22)/t11-/m0/s1. The molecule has 0 saturated carbocycles. The molecule has 0 aliphatic carbocycles. The van der Waals surface area contributed by atoms with Gasteiger partial charge in [0.25, 0.3) is 5.91 Å². The Balaban J connectivity index is 1.72. The van der Waals surface area contributed by atoms with Crippen molar-refractivity contribution in [2.45, 2.75) is 12.5 Å². The largest absolute Gasteiger partial charge is 0.486 e. The SMILES string of the molecule is O=C(N[C@@H](Cc1ccc2c(c1)OCCO2)C(=O)O)c1cnccn1. The molecule has 1 amide bonds. The predicted octanol–water partition coefficient (Wildman–Crippen LogP) is 0.673. The van der Waals surface area contributed by atoms with Crippen molar-refractivity contribution < 1.29 is 24.2 Å². The Labute approximate surface area is 137 Å².